The Balaban J connectivity index is 2.31. The van der Waals surface area contributed by atoms with Crippen molar-refractivity contribution in [1.29, 1.82) is 0 Å². The second-order valence-corrected chi connectivity index (χ2v) is 4.32. The third kappa shape index (κ3) is 2.71. The molecule has 0 bridgehead atoms. The van der Waals surface area contributed by atoms with Gasteiger partial charge in [0.25, 0.3) is 0 Å². The fourth-order valence-corrected chi connectivity index (χ4v) is 1.99. The maximum Gasteiger partial charge on any atom is 0.305 e. The lowest BCUT2D eigenvalue weighted by molar-refractivity contribution is -0.137. The van der Waals surface area contributed by atoms with E-state index in [1.807, 2.05) is 24.3 Å². The quantitative estimate of drug-likeness (QED) is 0.939. The van der Waals surface area contributed by atoms with E-state index in [9.17, 15) is 4.79 Å². The highest BCUT2D eigenvalue weighted by Gasteiger charge is 2.10. The summed E-state index contributed by atoms with van der Waals surface area (Å²) in [5.41, 5.74) is 1.75. The maximum atomic E-state index is 10.5. The van der Waals surface area contributed by atoms with Crippen LogP contribution >= 0.6 is 15.9 Å². The highest BCUT2D eigenvalue weighted by atomic mass is 79.9. The zero-order chi connectivity index (χ0) is 12.3. The summed E-state index contributed by atoms with van der Waals surface area (Å²) in [6, 6.07) is 7.68. The molecule has 0 fully saturated rings. The van der Waals surface area contributed by atoms with Crippen LogP contribution in [0, 0.1) is 0 Å². The molecule has 6 heteroatoms. The van der Waals surface area contributed by atoms with Crippen molar-refractivity contribution in [3.8, 4) is 11.3 Å². The number of aliphatic carboxylic acids is 1. The monoisotopic (exact) mass is 295 g/mol. The Labute approximate surface area is 106 Å². The van der Waals surface area contributed by atoms with Crippen LogP contribution in [0.25, 0.3) is 11.3 Å². The summed E-state index contributed by atoms with van der Waals surface area (Å²) in [7, 11) is 0. The molecule has 0 saturated heterocycles. The third-order valence-electron chi connectivity index (χ3n) is 2.30. The smallest absolute Gasteiger partial charge is 0.305 e. The summed E-state index contributed by atoms with van der Waals surface area (Å²) >= 11 is 3.45. The van der Waals surface area contributed by atoms with Gasteiger partial charge in [-0.05, 0) is 6.07 Å². The molecule has 1 aromatic heterocycles. The van der Waals surface area contributed by atoms with Gasteiger partial charge in [-0.3, -0.25) is 4.79 Å². The molecule has 88 valence electrons. The van der Waals surface area contributed by atoms with Gasteiger partial charge in [-0.25, -0.2) is 4.68 Å². The van der Waals surface area contributed by atoms with E-state index in [0.29, 0.717) is 6.54 Å². The molecule has 5 nitrogen and oxygen atoms in total. The molecule has 0 aliphatic heterocycles. The number of hydrogen-bond acceptors (Lipinski definition) is 3. The van der Waals surface area contributed by atoms with E-state index in [1.165, 1.54) is 0 Å². The van der Waals surface area contributed by atoms with E-state index < -0.39 is 5.97 Å². The number of carboxylic acid groups (broad SMARTS) is 1. The Kier molecular flexibility index (Phi) is 3.53. The standard InChI is InChI=1S/C11H10BrN3O2/c12-9-4-2-1-3-8(9)10-7-13-14-15(10)6-5-11(16)17/h1-4,7H,5-6H2,(H,16,17). The molecule has 1 aromatic carbocycles. The van der Waals surface area contributed by atoms with Gasteiger partial charge in [0.15, 0.2) is 0 Å². The van der Waals surface area contributed by atoms with Crippen molar-refractivity contribution in [1.82, 2.24) is 15.0 Å². The zero-order valence-corrected chi connectivity index (χ0v) is 10.5. The minimum Gasteiger partial charge on any atom is -0.481 e. The lowest BCUT2D eigenvalue weighted by atomic mass is 10.2. The van der Waals surface area contributed by atoms with Crippen LogP contribution in [0.2, 0.25) is 0 Å². The molecule has 0 aliphatic carbocycles. The topological polar surface area (TPSA) is 68.0 Å². The van der Waals surface area contributed by atoms with Crippen molar-refractivity contribution in [2.75, 3.05) is 0 Å². The van der Waals surface area contributed by atoms with Gasteiger partial charge in [0.1, 0.15) is 0 Å². The Morgan fingerprint density at radius 2 is 2.18 bits per heavy atom. The molecule has 0 atom stereocenters. The van der Waals surface area contributed by atoms with Gasteiger partial charge in [-0.1, -0.05) is 39.3 Å². The molecule has 17 heavy (non-hydrogen) atoms. The molecule has 0 aliphatic rings. The number of rotatable bonds is 4. The summed E-state index contributed by atoms with van der Waals surface area (Å²) in [5.74, 6) is -0.849. The molecule has 0 amide bonds. The summed E-state index contributed by atoms with van der Waals surface area (Å²) in [6.45, 7) is 0.312. The second kappa shape index (κ2) is 5.09. The molecule has 1 heterocycles. The van der Waals surface area contributed by atoms with Crippen molar-refractivity contribution in [2.24, 2.45) is 0 Å². The van der Waals surface area contributed by atoms with Gasteiger partial charge in [0.05, 0.1) is 24.9 Å². The van der Waals surface area contributed by atoms with Crippen molar-refractivity contribution >= 4 is 21.9 Å². The van der Waals surface area contributed by atoms with Crippen LogP contribution in [0.4, 0.5) is 0 Å². The second-order valence-electron chi connectivity index (χ2n) is 3.47. The van der Waals surface area contributed by atoms with E-state index >= 15 is 0 Å². The number of nitrogens with zero attached hydrogens (tertiary/aromatic N) is 3. The summed E-state index contributed by atoms with van der Waals surface area (Å²) in [5, 5.41) is 16.4. The van der Waals surface area contributed by atoms with Gasteiger partial charge in [0.2, 0.25) is 0 Å². The number of aromatic nitrogens is 3. The predicted molar refractivity (Wildman–Crippen MR) is 65.4 cm³/mol. The Morgan fingerprint density at radius 3 is 2.88 bits per heavy atom. The van der Waals surface area contributed by atoms with Crippen LogP contribution in [0.15, 0.2) is 34.9 Å². The zero-order valence-electron chi connectivity index (χ0n) is 8.88. The molecular weight excluding hydrogens is 286 g/mol. The van der Waals surface area contributed by atoms with Crippen molar-refractivity contribution in [3.63, 3.8) is 0 Å². The Hall–Kier alpha value is -1.69. The van der Waals surface area contributed by atoms with Crippen LogP contribution in [-0.2, 0) is 11.3 Å². The average Bonchev–Trinajstić information content (AvgIpc) is 2.75. The van der Waals surface area contributed by atoms with Gasteiger partial charge < -0.3 is 5.11 Å². The van der Waals surface area contributed by atoms with E-state index in [0.717, 1.165) is 15.7 Å². The molecule has 1 N–H and O–H groups in total. The highest BCUT2D eigenvalue weighted by molar-refractivity contribution is 9.10. The summed E-state index contributed by atoms with van der Waals surface area (Å²) in [6.07, 6.45) is 1.66. The summed E-state index contributed by atoms with van der Waals surface area (Å²) < 4.78 is 2.52. The maximum absolute atomic E-state index is 10.5. The van der Waals surface area contributed by atoms with Crippen LogP contribution in [-0.4, -0.2) is 26.1 Å². The number of aryl methyl sites for hydroxylation is 1. The Morgan fingerprint density at radius 1 is 1.41 bits per heavy atom. The van der Waals surface area contributed by atoms with Crippen LogP contribution in [0.3, 0.4) is 0 Å². The third-order valence-corrected chi connectivity index (χ3v) is 3.00. The van der Waals surface area contributed by atoms with Gasteiger partial charge >= 0.3 is 5.97 Å². The molecule has 2 rings (SSSR count). The molecule has 2 aromatic rings. The van der Waals surface area contributed by atoms with Crippen LogP contribution in [0.1, 0.15) is 6.42 Å². The van der Waals surface area contributed by atoms with Gasteiger partial charge in [-0.15, -0.1) is 5.10 Å². The normalized spacial score (nSPS) is 10.4. The van der Waals surface area contributed by atoms with Crippen molar-refractivity contribution < 1.29 is 9.90 Å². The first-order valence-electron chi connectivity index (χ1n) is 5.03. The lowest BCUT2D eigenvalue weighted by Crippen LogP contribution is -2.07. The first kappa shape index (κ1) is 11.8. The van der Waals surface area contributed by atoms with Crippen LogP contribution < -0.4 is 0 Å². The molecule has 0 saturated carbocycles. The van der Waals surface area contributed by atoms with Crippen LogP contribution in [0.5, 0.6) is 0 Å². The lowest BCUT2D eigenvalue weighted by Gasteiger charge is -2.06. The largest absolute Gasteiger partial charge is 0.481 e. The minimum atomic E-state index is -0.849. The van der Waals surface area contributed by atoms with E-state index in [4.69, 9.17) is 5.11 Å². The number of hydrogen-bond donors (Lipinski definition) is 1. The molecule has 0 unspecified atom stereocenters. The number of benzene rings is 1. The molecular formula is C11H10BrN3O2. The fraction of sp³-hybridized carbons (Fsp3) is 0.182. The van der Waals surface area contributed by atoms with Crippen molar-refractivity contribution in [3.05, 3.63) is 34.9 Å². The SMILES string of the molecule is O=C(O)CCn1nncc1-c1ccccc1Br. The molecule has 0 spiro atoms. The highest BCUT2D eigenvalue weighted by Crippen LogP contribution is 2.26. The van der Waals surface area contributed by atoms with Crippen molar-refractivity contribution in [2.45, 2.75) is 13.0 Å². The number of carboxylic acids is 1. The summed E-state index contributed by atoms with van der Waals surface area (Å²) in [4.78, 5) is 10.5. The first-order chi connectivity index (χ1) is 8.18. The van der Waals surface area contributed by atoms with Gasteiger partial charge in [0, 0.05) is 10.0 Å². The average molecular weight is 296 g/mol. The number of carbonyl (C=O) groups is 1. The van der Waals surface area contributed by atoms with E-state index in [1.54, 1.807) is 10.9 Å². The molecule has 0 radical (unpaired) electrons. The number of halogens is 1. The Bertz CT molecular complexity index is 539. The fourth-order valence-electron chi connectivity index (χ4n) is 1.50. The minimum absolute atomic E-state index is 0.0286. The van der Waals surface area contributed by atoms with Gasteiger partial charge in [-0.2, -0.15) is 0 Å². The first-order valence-corrected chi connectivity index (χ1v) is 5.83. The predicted octanol–water partition coefficient (Wildman–Crippen LogP) is 2.18. The van der Waals surface area contributed by atoms with E-state index in [-0.39, 0.29) is 6.42 Å². The van der Waals surface area contributed by atoms with E-state index in [2.05, 4.69) is 26.2 Å².